The number of nitro groups is 1. The molecule has 2 aromatic carbocycles. The van der Waals surface area contributed by atoms with Crippen LogP contribution in [0, 0.1) is 10.1 Å². The van der Waals surface area contributed by atoms with E-state index in [1.807, 2.05) is 24.3 Å². The molecule has 0 atom stereocenters. The molecule has 0 aromatic heterocycles. The summed E-state index contributed by atoms with van der Waals surface area (Å²) in [5.74, 6) is -0.812. The van der Waals surface area contributed by atoms with Crippen LogP contribution in [-0.2, 0) is 12.7 Å². The van der Waals surface area contributed by atoms with Gasteiger partial charge in [-0.1, -0.05) is 12.1 Å². The van der Waals surface area contributed by atoms with Crippen molar-refractivity contribution in [2.24, 2.45) is 0 Å². The molecule has 10 heteroatoms. The summed E-state index contributed by atoms with van der Waals surface area (Å²) in [4.78, 5) is 27.0. The number of rotatable bonds is 6. The number of alkyl halides is 3. The molecule has 0 spiro atoms. The lowest BCUT2D eigenvalue weighted by molar-refractivity contribution is -0.385. The van der Waals surface area contributed by atoms with Gasteiger partial charge in [-0.15, -0.1) is 0 Å². The third-order valence-corrected chi connectivity index (χ3v) is 5.52. The average molecular weight is 450 g/mol. The van der Waals surface area contributed by atoms with Crippen molar-refractivity contribution in [2.75, 3.05) is 31.1 Å². The zero-order valence-electron chi connectivity index (χ0n) is 17.9. The number of anilines is 1. The molecule has 7 nitrogen and oxygen atoms in total. The number of carbonyl (C=O) groups is 1. The van der Waals surface area contributed by atoms with Crippen LogP contribution in [0.5, 0.6) is 0 Å². The van der Waals surface area contributed by atoms with Gasteiger partial charge in [0, 0.05) is 62.1 Å². The molecular weight excluding hydrogens is 425 g/mol. The zero-order chi connectivity index (χ0) is 23.5. The van der Waals surface area contributed by atoms with Crippen molar-refractivity contribution in [2.45, 2.75) is 32.6 Å². The minimum atomic E-state index is -4.79. The maximum absolute atomic E-state index is 13.0. The van der Waals surface area contributed by atoms with Gasteiger partial charge < -0.3 is 10.2 Å². The van der Waals surface area contributed by atoms with E-state index in [1.165, 1.54) is 0 Å². The highest BCUT2D eigenvalue weighted by Gasteiger charge is 2.33. The van der Waals surface area contributed by atoms with Crippen molar-refractivity contribution in [3.63, 3.8) is 0 Å². The SMILES string of the molecule is CC(C)N1CCN(c2ccc(CNC(=O)c3cc([N+](=O)[O-])cc(C(F)(F)F)c3)cc2)CC1. The Morgan fingerprint density at radius 3 is 2.25 bits per heavy atom. The molecule has 1 heterocycles. The van der Waals surface area contributed by atoms with Crippen LogP contribution < -0.4 is 10.2 Å². The summed E-state index contributed by atoms with van der Waals surface area (Å²) in [6.45, 7) is 8.25. The first-order valence-electron chi connectivity index (χ1n) is 10.3. The molecule has 0 aliphatic carbocycles. The first-order valence-corrected chi connectivity index (χ1v) is 10.3. The molecule has 0 radical (unpaired) electrons. The Morgan fingerprint density at radius 2 is 1.72 bits per heavy atom. The fourth-order valence-electron chi connectivity index (χ4n) is 3.62. The van der Waals surface area contributed by atoms with Gasteiger partial charge in [0.05, 0.1) is 10.5 Å². The Bertz CT molecular complexity index is 969. The number of benzene rings is 2. The fourth-order valence-corrected chi connectivity index (χ4v) is 3.62. The maximum atomic E-state index is 13.0. The number of hydrogen-bond acceptors (Lipinski definition) is 5. The largest absolute Gasteiger partial charge is 0.416 e. The van der Waals surface area contributed by atoms with Crippen LogP contribution in [0.1, 0.15) is 35.3 Å². The maximum Gasteiger partial charge on any atom is 0.416 e. The van der Waals surface area contributed by atoms with E-state index in [-0.39, 0.29) is 6.54 Å². The van der Waals surface area contributed by atoms with Gasteiger partial charge >= 0.3 is 6.18 Å². The molecule has 0 saturated carbocycles. The minimum Gasteiger partial charge on any atom is -0.369 e. The van der Waals surface area contributed by atoms with E-state index in [0.717, 1.165) is 43.5 Å². The fraction of sp³-hybridized carbons (Fsp3) is 0.409. The van der Waals surface area contributed by atoms with E-state index in [1.54, 1.807) is 0 Å². The topological polar surface area (TPSA) is 78.7 Å². The minimum absolute atomic E-state index is 0.0876. The highest BCUT2D eigenvalue weighted by Crippen LogP contribution is 2.32. The van der Waals surface area contributed by atoms with Crippen molar-refractivity contribution in [1.29, 1.82) is 0 Å². The second-order valence-corrected chi connectivity index (χ2v) is 7.99. The summed E-state index contributed by atoms with van der Waals surface area (Å²) < 4.78 is 39.0. The van der Waals surface area contributed by atoms with Crippen LogP contribution in [0.25, 0.3) is 0 Å². The Kier molecular flexibility index (Phi) is 7.02. The van der Waals surface area contributed by atoms with Crippen LogP contribution >= 0.6 is 0 Å². The molecule has 32 heavy (non-hydrogen) atoms. The van der Waals surface area contributed by atoms with Crippen LogP contribution in [-0.4, -0.2) is 48.0 Å². The van der Waals surface area contributed by atoms with E-state index >= 15 is 0 Å². The van der Waals surface area contributed by atoms with Gasteiger partial charge in [0.15, 0.2) is 0 Å². The molecule has 2 aromatic rings. The quantitative estimate of drug-likeness (QED) is 0.530. The van der Waals surface area contributed by atoms with E-state index in [4.69, 9.17) is 0 Å². The summed E-state index contributed by atoms with van der Waals surface area (Å²) in [5, 5.41) is 13.5. The summed E-state index contributed by atoms with van der Waals surface area (Å²) >= 11 is 0. The van der Waals surface area contributed by atoms with Gasteiger partial charge in [0.1, 0.15) is 0 Å². The third-order valence-electron chi connectivity index (χ3n) is 5.52. The predicted octanol–water partition coefficient (Wildman–Crippen LogP) is 4.07. The second kappa shape index (κ2) is 9.56. The van der Waals surface area contributed by atoms with Gasteiger partial charge in [-0.25, -0.2) is 0 Å². The monoisotopic (exact) mass is 450 g/mol. The molecule has 3 rings (SSSR count). The Morgan fingerprint density at radius 1 is 1.09 bits per heavy atom. The van der Waals surface area contributed by atoms with Crippen molar-refractivity contribution in [3.05, 3.63) is 69.3 Å². The van der Waals surface area contributed by atoms with Gasteiger partial charge in [-0.3, -0.25) is 19.8 Å². The second-order valence-electron chi connectivity index (χ2n) is 7.99. The van der Waals surface area contributed by atoms with E-state index in [9.17, 15) is 28.1 Å². The number of carbonyl (C=O) groups excluding carboxylic acids is 1. The van der Waals surface area contributed by atoms with Gasteiger partial charge in [-0.05, 0) is 37.6 Å². The molecule has 1 aliphatic heterocycles. The van der Waals surface area contributed by atoms with Crippen LogP contribution in [0.3, 0.4) is 0 Å². The molecule has 1 N–H and O–H groups in total. The number of amides is 1. The van der Waals surface area contributed by atoms with Gasteiger partial charge in [0.2, 0.25) is 0 Å². The van der Waals surface area contributed by atoms with Crippen molar-refractivity contribution < 1.29 is 22.9 Å². The van der Waals surface area contributed by atoms with Crippen LogP contribution in [0.15, 0.2) is 42.5 Å². The summed E-state index contributed by atoms with van der Waals surface area (Å²) in [6.07, 6.45) is -4.79. The number of nitro benzene ring substituents is 1. The molecular formula is C22H25F3N4O3. The van der Waals surface area contributed by atoms with Crippen LogP contribution in [0.2, 0.25) is 0 Å². The lowest BCUT2D eigenvalue weighted by Crippen LogP contribution is -2.48. The number of hydrogen-bond donors (Lipinski definition) is 1. The van der Waals surface area contributed by atoms with E-state index < -0.39 is 33.8 Å². The number of nitrogens with one attached hydrogen (secondary N) is 1. The van der Waals surface area contributed by atoms with Gasteiger partial charge in [-0.2, -0.15) is 13.2 Å². The van der Waals surface area contributed by atoms with Crippen molar-refractivity contribution in [3.8, 4) is 0 Å². The Labute approximate surface area is 184 Å². The summed E-state index contributed by atoms with van der Waals surface area (Å²) in [6, 6.07) is 9.96. The number of halogens is 3. The molecule has 0 unspecified atom stereocenters. The smallest absolute Gasteiger partial charge is 0.369 e. The number of nitrogens with zero attached hydrogens (tertiary/aromatic N) is 3. The van der Waals surface area contributed by atoms with E-state index in [2.05, 4.69) is 29.0 Å². The molecule has 1 aliphatic rings. The molecule has 1 saturated heterocycles. The lowest BCUT2D eigenvalue weighted by Gasteiger charge is -2.38. The van der Waals surface area contributed by atoms with Crippen molar-refractivity contribution in [1.82, 2.24) is 10.2 Å². The first-order chi connectivity index (χ1) is 15.0. The first kappa shape index (κ1) is 23.5. The third kappa shape index (κ3) is 5.76. The van der Waals surface area contributed by atoms with Crippen LogP contribution in [0.4, 0.5) is 24.5 Å². The zero-order valence-corrected chi connectivity index (χ0v) is 17.9. The standard InChI is InChI=1S/C22H25F3N4O3/c1-15(2)27-7-9-28(10-8-27)19-5-3-16(4-6-19)14-26-21(30)17-11-18(22(23,24)25)13-20(12-17)29(31)32/h3-6,11-13,15H,7-10,14H2,1-2H3,(H,26,30). The van der Waals surface area contributed by atoms with Gasteiger partial charge in [0.25, 0.3) is 11.6 Å². The summed E-state index contributed by atoms with van der Waals surface area (Å²) in [5.41, 5.74) is -0.599. The van der Waals surface area contributed by atoms with Crippen molar-refractivity contribution >= 4 is 17.3 Å². The number of non-ortho nitro benzene ring substituents is 1. The number of piperazine rings is 1. The predicted molar refractivity (Wildman–Crippen MR) is 115 cm³/mol. The molecule has 1 amide bonds. The highest BCUT2D eigenvalue weighted by atomic mass is 19.4. The molecule has 1 fully saturated rings. The molecule has 0 bridgehead atoms. The average Bonchev–Trinajstić information content (AvgIpc) is 2.77. The highest BCUT2D eigenvalue weighted by molar-refractivity contribution is 5.95. The van der Waals surface area contributed by atoms with E-state index in [0.29, 0.717) is 18.2 Å². The normalized spacial score (nSPS) is 15.1. The Balaban J connectivity index is 1.63. The Hall–Kier alpha value is -3.14. The lowest BCUT2D eigenvalue weighted by atomic mass is 10.1. The summed E-state index contributed by atoms with van der Waals surface area (Å²) in [7, 11) is 0. The molecule has 172 valence electrons.